The molecule has 2 rings (SSSR count). The summed E-state index contributed by atoms with van der Waals surface area (Å²) in [6.07, 6.45) is 0. The molecule has 0 bridgehead atoms. The molecule has 4 heteroatoms. The maximum absolute atomic E-state index is 13.7. The van der Waals surface area contributed by atoms with E-state index in [1.165, 1.54) is 11.6 Å². The van der Waals surface area contributed by atoms with E-state index in [-0.39, 0.29) is 5.82 Å². The third-order valence-electron chi connectivity index (χ3n) is 2.90. The van der Waals surface area contributed by atoms with Crippen molar-refractivity contribution in [1.82, 2.24) is 0 Å². The normalized spacial score (nSPS) is 10.6. The Hall–Kier alpha value is -1.06. The van der Waals surface area contributed by atoms with Crippen LogP contribution in [0.5, 0.6) is 0 Å². The number of hydrogen-bond donors (Lipinski definition) is 1. The molecule has 0 aliphatic rings. The van der Waals surface area contributed by atoms with Gasteiger partial charge in [-0.05, 0) is 59.1 Å². The van der Waals surface area contributed by atoms with Gasteiger partial charge in [-0.3, -0.25) is 0 Å². The van der Waals surface area contributed by atoms with Gasteiger partial charge in [0.1, 0.15) is 5.82 Å². The fourth-order valence-corrected chi connectivity index (χ4v) is 2.96. The molecule has 1 N–H and O–H groups in total. The number of anilines is 1. The first-order valence-electron chi connectivity index (χ1n) is 5.92. The summed E-state index contributed by atoms with van der Waals surface area (Å²) in [5.41, 5.74) is 3.89. The first-order valence-corrected chi connectivity index (χ1v) is 7.09. The van der Waals surface area contributed by atoms with Crippen molar-refractivity contribution in [2.75, 3.05) is 5.32 Å². The van der Waals surface area contributed by atoms with Crippen molar-refractivity contribution in [3.63, 3.8) is 0 Å². The largest absolute Gasteiger partial charge is 0.380 e. The number of halogens is 3. The Morgan fingerprint density at radius 2 is 1.95 bits per heavy atom. The zero-order valence-electron chi connectivity index (χ0n) is 10.7. The van der Waals surface area contributed by atoms with Crippen molar-refractivity contribution in [1.29, 1.82) is 0 Å². The van der Waals surface area contributed by atoms with E-state index in [4.69, 9.17) is 11.6 Å². The van der Waals surface area contributed by atoms with E-state index in [0.29, 0.717) is 17.1 Å². The minimum Gasteiger partial charge on any atom is -0.380 e. The standard InChI is InChI=1S/C15H14BrClFN/c1-9-5-10(2)15(13(16)6-9)19-8-11-3-4-12(17)7-14(11)18/h3-7,19H,8H2,1-2H3. The number of aryl methyl sites for hydroxylation is 2. The molecule has 2 aromatic carbocycles. The van der Waals surface area contributed by atoms with Gasteiger partial charge >= 0.3 is 0 Å². The molecule has 0 aliphatic heterocycles. The molecule has 0 spiro atoms. The molecule has 0 atom stereocenters. The lowest BCUT2D eigenvalue weighted by molar-refractivity contribution is 0.613. The van der Waals surface area contributed by atoms with Gasteiger partial charge in [-0.25, -0.2) is 4.39 Å². The predicted molar refractivity (Wildman–Crippen MR) is 82.4 cm³/mol. The van der Waals surface area contributed by atoms with E-state index in [9.17, 15) is 4.39 Å². The van der Waals surface area contributed by atoms with E-state index < -0.39 is 0 Å². The molecule has 0 aliphatic carbocycles. The van der Waals surface area contributed by atoms with Gasteiger partial charge in [0.05, 0.1) is 5.69 Å². The Balaban J connectivity index is 2.19. The van der Waals surface area contributed by atoms with Crippen LogP contribution in [0.15, 0.2) is 34.8 Å². The van der Waals surface area contributed by atoms with Crippen LogP contribution >= 0.6 is 27.5 Å². The fraction of sp³-hybridized carbons (Fsp3) is 0.200. The molecular formula is C15H14BrClFN. The van der Waals surface area contributed by atoms with Crippen LogP contribution in [0.25, 0.3) is 0 Å². The van der Waals surface area contributed by atoms with E-state index in [1.807, 2.05) is 19.9 Å². The van der Waals surface area contributed by atoms with Crippen molar-refractivity contribution < 1.29 is 4.39 Å². The smallest absolute Gasteiger partial charge is 0.129 e. The molecule has 2 aromatic rings. The molecule has 0 heterocycles. The van der Waals surface area contributed by atoms with Gasteiger partial charge in [0.25, 0.3) is 0 Å². The second kappa shape index (κ2) is 5.93. The Labute approximate surface area is 125 Å². The van der Waals surface area contributed by atoms with Gasteiger partial charge in [0.2, 0.25) is 0 Å². The highest BCUT2D eigenvalue weighted by atomic mass is 79.9. The minimum atomic E-state index is -0.291. The lowest BCUT2D eigenvalue weighted by Gasteiger charge is -2.13. The summed E-state index contributed by atoms with van der Waals surface area (Å²) >= 11 is 9.26. The molecule has 0 aromatic heterocycles. The van der Waals surface area contributed by atoms with Crippen LogP contribution in [0.4, 0.5) is 10.1 Å². The Kier molecular flexibility index (Phi) is 4.48. The summed E-state index contributed by atoms with van der Waals surface area (Å²) in [6.45, 7) is 4.49. The lowest BCUT2D eigenvalue weighted by Crippen LogP contribution is -2.04. The fourth-order valence-electron chi connectivity index (χ4n) is 1.99. The average molecular weight is 343 g/mol. The van der Waals surface area contributed by atoms with Crippen molar-refractivity contribution in [3.05, 3.63) is 62.3 Å². The zero-order chi connectivity index (χ0) is 14.0. The predicted octanol–water partition coefficient (Wildman–Crippen LogP) is 5.47. The Morgan fingerprint density at radius 3 is 2.58 bits per heavy atom. The summed E-state index contributed by atoms with van der Waals surface area (Å²) in [7, 11) is 0. The highest BCUT2D eigenvalue weighted by molar-refractivity contribution is 9.10. The third kappa shape index (κ3) is 3.48. The summed E-state index contributed by atoms with van der Waals surface area (Å²) < 4.78 is 14.7. The molecule has 1 nitrogen and oxygen atoms in total. The van der Waals surface area contributed by atoms with Crippen LogP contribution in [0.2, 0.25) is 5.02 Å². The molecule has 0 saturated heterocycles. The van der Waals surface area contributed by atoms with Crippen LogP contribution in [-0.2, 0) is 6.54 Å². The van der Waals surface area contributed by atoms with Crippen molar-refractivity contribution in [2.24, 2.45) is 0 Å². The SMILES string of the molecule is Cc1cc(C)c(NCc2ccc(Cl)cc2F)c(Br)c1. The van der Waals surface area contributed by atoms with Crippen LogP contribution in [0.1, 0.15) is 16.7 Å². The number of nitrogens with one attached hydrogen (secondary N) is 1. The summed E-state index contributed by atoms with van der Waals surface area (Å²) in [5, 5.41) is 3.67. The van der Waals surface area contributed by atoms with Crippen LogP contribution < -0.4 is 5.32 Å². The van der Waals surface area contributed by atoms with Gasteiger partial charge < -0.3 is 5.32 Å². The molecule has 0 fully saturated rings. The maximum atomic E-state index is 13.7. The summed E-state index contributed by atoms with van der Waals surface area (Å²) in [5.74, 6) is -0.291. The van der Waals surface area contributed by atoms with Gasteiger partial charge in [-0.15, -0.1) is 0 Å². The summed E-state index contributed by atoms with van der Waals surface area (Å²) in [6, 6.07) is 8.84. The number of benzene rings is 2. The topological polar surface area (TPSA) is 12.0 Å². The Morgan fingerprint density at radius 1 is 1.21 bits per heavy atom. The minimum absolute atomic E-state index is 0.291. The maximum Gasteiger partial charge on any atom is 0.129 e. The molecule has 0 unspecified atom stereocenters. The van der Waals surface area contributed by atoms with Gasteiger partial charge in [0.15, 0.2) is 0 Å². The molecule has 0 saturated carbocycles. The Bertz CT molecular complexity index is 590. The number of hydrogen-bond acceptors (Lipinski definition) is 1. The van der Waals surface area contributed by atoms with Crippen molar-refractivity contribution >= 4 is 33.2 Å². The highest BCUT2D eigenvalue weighted by Gasteiger charge is 2.07. The first-order chi connectivity index (χ1) is 8.97. The van der Waals surface area contributed by atoms with E-state index in [0.717, 1.165) is 15.7 Å². The molecule has 0 amide bonds. The monoisotopic (exact) mass is 341 g/mol. The first kappa shape index (κ1) is 14.4. The van der Waals surface area contributed by atoms with E-state index in [2.05, 4.69) is 27.3 Å². The molecule has 100 valence electrons. The van der Waals surface area contributed by atoms with Gasteiger partial charge in [-0.1, -0.05) is 23.7 Å². The van der Waals surface area contributed by atoms with Crippen molar-refractivity contribution in [3.8, 4) is 0 Å². The second-order valence-corrected chi connectivity index (χ2v) is 5.82. The van der Waals surface area contributed by atoms with E-state index in [1.54, 1.807) is 12.1 Å². The van der Waals surface area contributed by atoms with Crippen molar-refractivity contribution in [2.45, 2.75) is 20.4 Å². The van der Waals surface area contributed by atoms with Gasteiger partial charge in [-0.2, -0.15) is 0 Å². The zero-order valence-corrected chi connectivity index (χ0v) is 13.1. The molecule has 0 radical (unpaired) electrons. The van der Waals surface area contributed by atoms with Crippen LogP contribution in [0.3, 0.4) is 0 Å². The van der Waals surface area contributed by atoms with Gasteiger partial charge in [0, 0.05) is 21.6 Å². The quantitative estimate of drug-likeness (QED) is 0.780. The highest BCUT2D eigenvalue weighted by Crippen LogP contribution is 2.28. The summed E-state index contributed by atoms with van der Waals surface area (Å²) in [4.78, 5) is 0. The van der Waals surface area contributed by atoms with E-state index >= 15 is 0 Å². The molecule has 19 heavy (non-hydrogen) atoms. The molecular weight excluding hydrogens is 329 g/mol. The van der Waals surface area contributed by atoms with Crippen LogP contribution in [-0.4, -0.2) is 0 Å². The lowest BCUT2D eigenvalue weighted by atomic mass is 10.1. The second-order valence-electron chi connectivity index (χ2n) is 4.53. The third-order valence-corrected chi connectivity index (χ3v) is 3.76. The van der Waals surface area contributed by atoms with Crippen LogP contribution in [0, 0.1) is 19.7 Å². The average Bonchev–Trinajstić information content (AvgIpc) is 2.30. The number of rotatable bonds is 3.